The second kappa shape index (κ2) is 12.6. The van der Waals surface area contributed by atoms with Gasteiger partial charge in [-0.2, -0.15) is 0 Å². The van der Waals surface area contributed by atoms with Gasteiger partial charge in [-0.15, -0.1) is 37.0 Å². The predicted molar refractivity (Wildman–Crippen MR) is 180 cm³/mol. The molecule has 1 saturated heterocycles. The number of benzene rings is 3. The van der Waals surface area contributed by atoms with Crippen LogP contribution in [0, 0.1) is 0 Å². The van der Waals surface area contributed by atoms with Crippen LogP contribution in [-0.2, 0) is 15.0 Å². The van der Waals surface area contributed by atoms with E-state index in [-0.39, 0.29) is 22.4 Å². The van der Waals surface area contributed by atoms with E-state index < -0.39 is 11.5 Å². The van der Waals surface area contributed by atoms with Crippen LogP contribution in [0.5, 0.6) is 0 Å². The quantitative estimate of drug-likeness (QED) is 0.265. The highest BCUT2D eigenvalue weighted by Gasteiger charge is 2.48. The molecular formula is C31H37N3O3P4. The van der Waals surface area contributed by atoms with E-state index in [0.717, 1.165) is 40.4 Å². The summed E-state index contributed by atoms with van der Waals surface area (Å²) in [6.07, 6.45) is 2.77. The maximum atomic E-state index is 14.1. The van der Waals surface area contributed by atoms with Crippen molar-refractivity contribution in [2.75, 3.05) is 19.6 Å². The molecule has 0 bridgehead atoms. The lowest BCUT2D eigenvalue weighted by atomic mass is 9.73. The van der Waals surface area contributed by atoms with E-state index in [2.05, 4.69) is 71.9 Å². The van der Waals surface area contributed by atoms with Crippen LogP contribution in [0.15, 0.2) is 72.8 Å². The maximum absolute atomic E-state index is 14.1. The first-order chi connectivity index (χ1) is 19.6. The Morgan fingerprint density at radius 3 is 2.12 bits per heavy atom. The van der Waals surface area contributed by atoms with Crippen LogP contribution >= 0.6 is 37.0 Å². The fraction of sp³-hybridized carbons (Fsp3) is 0.323. The number of carbonyl (C=O) groups excluding carboxylic acids is 3. The summed E-state index contributed by atoms with van der Waals surface area (Å²) in [6, 6.07) is 23.1. The van der Waals surface area contributed by atoms with Gasteiger partial charge in [-0.3, -0.25) is 14.4 Å². The van der Waals surface area contributed by atoms with Crippen molar-refractivity contribution in [1.29, 1.82) is 0 Å². The summed E-state index contributed by atoms with van der Waals surface area (Å²) in [4.78, 5) is 41.7. The summed E-state index contributed by atoms with van der Waals surface area (Å²) < 4.78 is -0.283. The highest BCUT2D eigenvalue weighted by molar-refractivity contribution is 7.57. The second-order valence-electron chi connectivity index (χ2n) is 11.0. The van der Waals surface area contributed by atoms with Gasteiger partial charge in [-0.05, 0) is 65.4 Å². The third-order valence-corrected chi connectivity index (χ3v) is 9.01. The topological polar surface area (TPSA) is 78.5 Å². The molecule has 5 rings (SSSR count). The van der Waals surface area contributed by atoms with E-state index in [1.165, 1.54) is 0 Å². The third-order valence-electron chi connectivity index (χ3n) is 8.01. The molecule has 6 nitrogen and oxygen atoms in total. The molecule has 10 heteroatoms. The average Bonchev–Trinajstić information content (AvgIpc) is 3.45. The van der Waals surface area contributed by atoms with Gasteiger partial charge in [0, 0.05) is 29.8 Å². The van der Waals surface area contributed by atoms with Crippen molar-refractivity contribution >= 4 is 60.0 Å². The molecule has 2 aliphatic rings. The van der Waals surface area contributed by atoms with Gasteiger partial charge in [0.15, 0.2) is 0 Å². The summed E-state index contributed by atoms with van der Waals surface area (Å²) in [5, 5.41) is 7.11. The first-order valence-electron chi connectivity index (χ1n) is 13.9. The van der Waals surface area contributed by atoms with Gasteiger partial charge >= 0.3 is 0 Å². The zero-order chi connectivity index (χ0) is 29.2. The maximum Gasteiger partial charge on any atom is 0.251 e. The molecule has 1 aliphatic heterocycles. The van der Waals surface area contributed by atoms with Crippen LogP contribution in [-0.4, -0.2) is 52.9 Å². The van der Waals surface area contributed by atoms with Crippen molar-refractivity contribution in [1.82, 2.24) is 15.5 Å². The molecule has 0 radical (unpaired) electrons. The molecule has 1 fully saturated rings. The smallest absolute Gasteiger partial charge is 0.251 e. The van der Waals surface area contributed by atoms with Crippen molar-refractivity contribution in [3.8, 4) is 11.1 Å². The summed E-state index contributed by atoms with van der Waals surface area (Å²) >= 11 is 0. The van der Waals surface area contributed by atoms with Gasteiger partial charge in [0.05, 0.1) is 0 Å². The lowest BCUT2D eigenvalue weighted by Gasteiger charge is -2.32. The molecule has 3 aromatic rings. The normalized spacial score (nSPS) is 17.2. The standard InChI is InChI=1S/C31H37N3O3P4/c35-27(20-11-13-21(38)14-12-20)33-26-15-18-34(28(26)36)17-6-5-16-30(29(37)32-19-31(39,40)41)24-9-3-1-7-22(24)23-8-2-4-10-25(23)30/h1-4,7-14,26H,5-6,15-19,38-41H2,(H,32,37)(H,33,35). The molecule has 1 aliphatic carbocycles. The van der Waals surface area contributed by atoms with Gasteiger partial charge in [0.2, 0.25) is 11.8 Å². The summed E-state index contributed by atoms with van der Waals surface area (Å²) in [5.41, 5.74) is 4.03. The third kappa shape index (κ3) is 6.43. The Hall–Kier alpha value is -2.21. The minimum atomic E-state index is -0.795. The van der Waals surface area contributed by atoms with Crippen LogP contribution in [0.4, 0.5) is 0 Å². The Balaban J connectivity index is 1.26. The number of carbonyl (C=O) groups is 3. The van der Waals surface area contributed by atoms with Crippen molar-refractivity contribution in [2.24, 2.45) is 0 Å². The van der Waals surface area contributed by atoms with E-state index in [9.17, 15) is 14.4 Å². The fourth-order valence-corrected chi connectivity index (χ4v) is 6.50. The Morgan fingerprint density at radius 2 is 1.51 bits per heavy atom. The monoisotopic (exact) mass is 623 g/mol. The molecule has 214 valence electrons. The van der Waals surface area contributed by atoms with Crippen molar-refractivity contribution < 1.29 is 14.4 Å². The molecule has 3 aromatic carbocycles. The highest BCUT2D eigenvalue weighted by Crippen LogP contribution is 2.51. The number of rotatable bonds is 10. The molecule has 5 atom stereocenters. The van der Waals surface area contributed by atoms with E-state index in [4.69, 9.17) is 0 Å². The largest absolute Gasteiger partial charge is 0.353 e. The number of nitrogens with one attached hydrogen (secondary N) is 2. The number of unbranched alkanes of at least 4 members (excludes halogenated alkanes) is 1. The zero-order valence-corrected chi connectivity index (χ0v) is 27.6. The molecule has 2 N–H and O–H groups in total. The van der Waals surface area contributed by atoms with Crippen LogP contribution in [0.25, 0.3) is 11.1 Å². The lowest BCUT2D eigenvalue weighted by Crippen LogP contribution is -2.46. The van der Waals surface area contributed by atoms with Gasteiger partial charge in [0.1, 0.15) is 11.5 Å². The van der Waals surface area contributed by atoms with Gasteiger partial charge < -0.3 is 15.5 Å². The Bertz CT molecular complexity index is 1410. The fourth-order valence-electron chi connectivity index (χ4n) is 6.00. The van der Waals surface area contributed by atoms with Crippen molar-refractivity contribution in [3.05, 3.63) is 89.5 Å². The molecule has 5 unspecified atom stereocenters. The predicted octanol–water partition coefficient (Wildman–Crippen LogP) is 4.05. The lowest BCUT2D eigenvalue weighted by molar-refractivity contribution is -0.129. The first kappa shape index (κ1) is 30.3. The van der Waals surface area contributed by atoms with Gasteiger partial charge in [0.25, 0.3) is 5.91 Å². The van der Waals surface area contributed by atoms with Crippen LogP contribution in [0.3, 0.4) is 0 Å². The number of nitrogens with zero attached hydrogens (tertiary/aromatic N) is 1. The van der Waals surface area contributed by atoms with Gasteiger partial charge in [-0.25, -0.2) is 0 Å². The number of fused-ring (bicyclic) bond motifs is 3. The van der Waals surface area contributed by atoms with E-state index in [1.54, 1.807) is 12.1 Å². The Kier molecular flexibility index (Phi) is 9.28. The first-order valence-corrected chi connectivity index (χ1v) is 16.2. The van der Waals surface area contributed by atoms with Crippen LogP contribution in [0.2, 0.25) is 0 Å². The number of likely N-dealkylation sites (tertiary alicyclic amines) is 1. The summed E-state index contributed by atoms with van der Waals surface area (Å²) in [7, 11) is 10.8. The molecule has 3 amide bonds. The van der Waals surface area contributed by atoms with Crippen LogP contribution < -0.4 is 15.9 Å². The summed E-state index contributed by atoms with van der Waals surface area (Å²) in [6.45, 7) is 1.69. The molecule has 0 saturated carbocycles. The molecule has 41 heavy (non-hydrogen) atoms. The van der Waals surface area contributed by atoms with Gasteiger partial charge in [-0.1, -0.05) is 60.7 Å². The Labute approximate surface area is 251 Å². The van der Waals surface area contributed by atoms with Crippen molar-refractivity contribution in [2.45, 2.75) is 41.8 Å². The molecule has 0 aromatic heterocycles. The zero-order valence-electron chi connectivity index (χ0n) is 22.9. The number of amides is 3. The Morgan fingerprint density at radius 1 is 0.902 bits per heavy atom. The molecule has 1 heterocycles. The molecule has 0 spiro atoms. The summed E-state index contributed by atoms with van der Waals surface area (Å²) in [5.74, 6) is -0.267. The van der Waals surface area contributed by atoms with E-state index >= 15 is 0 Å². The second-order valence-corrected chi connectivity index (χ2v) is 16.9. The van der Waals surface area contributed by atoms with E-state index in [1.807, 2.05) is 41.3 Å². The number of hydrogen-bond acceptors (Lipinski definition) is 3. The average molecular weight is 624 g/mol. The van der Waals surface area contributed by atoms with E-state index in [0.29, 0.717) is 38.0 Å². The van der Waals surface area contributed by atoms with Crippen molar-refractivity contribution in [3.63, 3.8) is 0 Å². The molecular weight excluding hydrogens is 586 g/mol. The number of hydrogen-bond donors (Lipinski definition) is 2. The van der Waals surface area contributed by atoms with Crippen LogP contribution in [0.1, 0.15) is 47.2 Å². The minimum Gasteiger partial charge on any atom is -0.353 e. The SMILES string of the molecule is O=C(NC1CCN(CCCCC2(C(=O)NCC(P)(P)P)c3ccccc3-c3ccccc32)C1=O)c1ccc(P)cc1. The minimum absolute atomic E-state index is 0.00125. The highest BCUT2D eigenvalue weighted by atomic mass is 31.1.